The van der Waals surface area contributed by atoms with Crippen LogP contribution >= 0.6 is 0 Å². The number of fused-ring (bicyclic) bond motifs is 2. The fraction of sp³-hybridized carbons (Fsp3) is 0.316. The molecule has 0 aliphatic carbocycles. The summed E-state index contributed by atoms with van der Waals surface area (Å²) in [5.41, 5.74) is 2.38. The Morgan fingerprint density at radius 2 is 1.73 bits per heavy atom. The van der Waals surface area contributed by atoms with Gasteiger partial charge in [-0.2, -0.15) is 0 Å². The minimum absolute atomic E-state index is 0.0532. The monoisotopic (exact) mass is 296 g/mol. The first-order valence-corrected chi connectivity index (χ1v) is 7.45. The molecule has 1 unspecified atom stereocenters. The highest BCUT2D eigenvalue weighted by molar-refractivity contribution is 5.70. The summed E-state index contributed by atoms with van der Waals surface area (Å²) in [7, 11) is 0. The molecule has 0 saturated heterocycles. The van der Waals surface area contributed by atoms with Crippen molar-refractivity contribution in [3.8, 4) is 17.2 Å². The Labute approximate surface area is 130 Å². The molecule has 0 radical (unpaired) electrons. The Bertz CT molecular complexity index is 726. The van der Waals surface area contributed by atoms with Crippen LogP contribution in [0.4, 0.5) is 0 Å². The van der Waals surface area contributed by atoms with Gasteiger partial charge >= 0.3 is 5.97 Å². The van der Waals surface area contributed by atoms with Crippen LogP contribution in [-0.4, -0.2) is 5.97 Å². The summed E-state index contributed by atoms with van der Waals surface area (Å²) in [5.74, 6) is 2.05. The minimum atomic E-state index is -0.330. The fourth-order valence-corrected chi connectivity index (χ4v) is 3.10. The molecule has 0 bridgehead atoms. The highest BCUT2D eigenvalue weighted by Gasteiger charge is 2.35. The average molecular weight is 296 g/mol. The second-order valence-corrected chi connectivity index (χ2v) is 6.73. The van der Waals surface area contributed by atoms with Gasteiger partial charge in [-0.3, -0.25) is 4.79 Å². The molecule has 1 atom stereocenters. The van der Waals surface area contributed by atoms with Crippen LogP contribution in [0.5, 0.6) is 17.2 Å². The highest BCUT2D eigenvalue weighted by atomic mass is 16.5. The summed E-state index contributed by atoms with van der Waals surface area (Å²) in [5, 5.41) is 0. The van der Waals surface area contributed by atoms with Gasteiger partial charge in [0.25, 0.3) is 0 Å². The number of hydrogen-bond donors (Lipinski definition) is 0. The summed E-state index contributed by atoms with van der Waals surface area (Å²) in [4.78, 5) is 11.1. The molecule has 0 aromatic heterocycles. The third kappa shape index (κ3) is 2.59. The number of esters is 1. The SMILES string of the molecule is CC(=O)Oc1ccc2c(c1)Oc1ccccc1C2C(C)(C)C. The van der Waals surface area contributed by atoms with Crippen molar-refractivity contribution < 1.29 is 14.3 Å². The van der Waals surface area contributed by atoms with Crippen LogP contribution in [0.2, 0.25) is 0 Å². The molecule has 1 aliphatic rings. The van der Waals surface area contributed by atoms with Crippen molar-refractivity contribution in [1.29, 1.82) is 0 Å². The van der Waals surface area contributed by atoms with Gasteiger partial charge in [-0.1, -0.05) is 45.0 Å². The van der Waals surface area contributed by atoms with Crippen molar-refractivity contribution in [3.63, 3.8) is 0 Å². The second kappa shape index (κ2) is 5.16. The third-order valence-corrected chi connectivity index (χ3v) is 3.87. The first kappa shape index (κ1) is 14.6. The standard InChI is InChI=1S/C19H20O3/c1-12(20)21-13-9-10-15-17(11-13)22-16-8-6-5-7-14(16)18(15)19(2,3)4/h5-11,18H,1-4H3. The lowest BCUT2D eigenvalue weighted by Gasteiger charge is -2.37. The molecule has 3 nitrogen and oxygen atoms in total. The molecule has 0 amide bonds. The van der Waals surface area contributed by atoms with Gasteiger partial charge in [0.2, 0.25) is 0 Å². The van der Waals surface area contributed by atoms with Crippen molar-refractivity contribution in [3.05, 3.63) is 53.6 Å². The molecule has 2 aromatic rings. The predicted octanol–water partition coefficient (Wildman–Crippen LogP) is 4.90. The highest BCUT2D eigenvalue weighted by Crippen LogP contribution is 2.52. The molecule has 1 aliphatic heterocycles. The number of hydrogen-bond acceptors (Lipinski definition) is 3. The van der Waals surface area contributed by atoms with E-state index in [0.717, 1.165) is 17.1 Å². The Hall–Kier alpha value is -2.29. The van der Waals surface area contributed by atoms with E-state index in [1.165, 1.54) is 12.5 Å². The number of ether oxygens (including phenoxy) is 2. The van der Waals surface area contributed by atoms with E-state index in [9.17, 15) is 4.79 Å². The van der Waals surface area contributed by atoms with Gasteiger partial charge in [0, 0.05) is 30.0 Å². The Morgan fingerprint density at radius 3 is 2.41 bits per heavy atom. The van der Waals surface area contributed by atoms with Gasteiger partial charge in [0.1, 0.15) is 17.2 Å². The summed E-state index contributed by atoms with van der Waals surface area (Å²) < 4.78 is 11.2. The molecule has 2 aromatic carbocycles. The van der Waals surface area contributed by atoms with E-state index in [4.69, 9.17) is 9.47 Å². The lowest BCUT2D eigenvalue weighted by atomic mass is 9.71. The number of benzene rings is 2. The number of carbonyl (C=O) groups excluding carboxylic acids is 1. The van der Waals surface area contributed by atoms with E-state index in [-0.39, 0.29) is 17.3 Å². The smallest absolute Gasteiger partial charge is 0.308 e. The minimum Gasteiger partial charge on any atom is -0.457 e. The molecule has 1 heterocycles. The lowest BCUT2D eigenvalue weighted by molar-refractivity contribution is -0.131. The van der Waals surface area contributed by atoms with Gasteiger partial charge < -0.3 is 9.47 Å². The van der Waals surface area contributed by atoms with Crippen LogP contribution in [0.15, 0.2) is 42.5 Å². The zero-order chi connectivity index (χ0) is 15.9. The van der Waals surface area contributed by atoms with Gasteiger partial charge in [-0.25, -0.2) is 0 Å². The summed E-state index contributed by atoms with van der Waals surface area (Å²) in [6.45, 7) is 8.07. The zero-order valence-electron chi connectivity index (χ0n) is 13.3. The first-order valence-electron chi connectivity index (χ1n) is 7.45. The van der Waals surface area contributed by atoms with Crippen LogP contribution in [0.3, 0.4) is 0 Å². The number of carbonyl (C=O) groups is 1. The Balaban J connectivity index is 2.12. The van der Waals surface area contributed by atoms with Gasteiger partial charge in [-0.15, -0.1) is 0 Å². The Morgan fingerprint density at radius 1 is 1.05 bits per heavy atom. The molecular formula is C19H20O3. The molecule has 0 N–H and O–H groups in total. The molecule has 3 heteroatoms. The first-order chi connectivity index (χ1) is 10.4. The lowest BCUT2D eigenvalue weighted by Crippen LogP contribution is -2.23. The van der Waals surface area contributed by atoms with Gasteiger partial charge in [0.05, 0.1) is 0 Å². The fourth-order valence-electron chi connectivity index (χ4n) is 3.10. The van der Waals surface area contributed by atoms with Crippen molar-refractivity contribution in [1.82, 2.24) is 0 Å². The normalized spacial score (nSPS) is 16.3. The van der Waals surface area contributed by atoms with Crippen LogP contribution in [0, 0.1) is 5.41 Å². The molecule has 0 spiro atoms. The predicted molar refractivity (Wildman–Crippen MR) is 85.6 cm³/mol. The molecular weight excluding hydrogens is 276 g/mol. The van der Waals surface area contributed by atoms with Crippen LogP contribution in [-0.2, 0) is 4.79 Å². The van der Waals surface area contributed by atoms with E-state index in [1.807, 2.05) is 30.3 Å². The van der Waals surface area contributed by atoms with E-state index in [2.05, 4.69) is 26.8 Å². The van der Waals surface area contributed by atoms with Crippen LogP contribution in [0.25, 0.3) is 0 Å². The van der Waals surface area contributed by atoms with E-state index >= 15 is 0 Å². The molecule has 0 fully saturated rings. The van der Waals surface area contributed by atoms with Crippen LogP contribution < -0.4 is 9.47 Å². The third-order valence-electron chi connectivity index (χ3n) is 3.87. The number of para-hydroxylation sites is 1. The molecule has 3 rings (SSSR count). The van der Waals surface area contributed by atoms with Gasteiger partial charge in [-0.05, 0) is 17.5 Å². The summed E-state index contributed by atoms with van der Waals surface area (Å²) >= 11 is 0. The Kier molecular flexibility index (Phi) is 3.44. The van der Waals surface area contributed by atoms with Crippen LogP contribution in [0.1, 0.15) is 44.7 Å². The largest absolute Gasteiger partial charge is 0.457 e. The molecule has 22 heavy (non-hydrogen) atoms. The van der Waals surface area contributed by atoms with Crippen molar-refractivity contribution in [2.45, 2.75) is 33.6 Å². The van der Waals surface area contributed by atoms with E-state index in [1.54, 1.807) is 6.07 Å². The van der Waals surface area contributed by atoms with Crippen molar-refractivity contribution in [2.24, 2.45) is 5.41 Å². The second-order valence-electron chi connectivity index (χ2n) is 6.73. The summed E-state index contributed by atoms with van der Waals surface area (Å²) in [6, 6.07) is 13.7. The maximum Gasteiger partial charge on any atom is 0.308 e. The van der Waals surface area contributed by atoms with E-state index < -0.39 is 0 Å². The van der Waals surface area contributed by atoms with E-state index in [0.29, 0.717) is 5.75 Å². The maximum atomic E-state index is 11.1. The average Bonchev–Trinajstić information content (AvgIpc) is 2.42. The number of rotatable bonds is 1. The quantitative estimate of drug-likeness (QED) is 0.555. The zero-order valence-corrected chi connectivity index (χ0v) is 13.3. The van der Waals surface area contributed by atoms with Gasteiger partial charge in [0.15, 0.2) is 0 Å². The maximum absolute atomic E-state index is 11.1. The molecule has 114 valence electrons. The molecule has 0 saturated carbocycles. The van der Waals surface area contributed by atoms with Crippen molar-refractivity contribution >= 4 is 5.97 Å². The summed E-state index contributed by atoms with van der Waals surface area (Å²) in [6.07, 6.45) is 0. The topological polar surface area (TPSA) is 35.5 Å². The van der Waals surface area contributed by atoms with Crippen molar-refractivity contribution in [2.75, 3.05) is 0 Å².